The maximum Gasteiger partial charge on any atom is 0.416 e. The largest absolute Gasteiger partial charge is 0.493 e. The first-order valence-corrected chi connectivity index (χ1v) is 9.64. The van der Waals surface area contributed by atoms with Gasteiger partial charge in [0.25, 0.3) is 0 Å². The summed E-state index contributed by atoms with van der Waals surface area (Å²) >= 11 is 1.18. The standard InChI is InChI=1S/C20H18F3N3O4S/c1-28-15-8-11(9-16(29-2)17(15)30-3)14-10-31-19(25-14)26-18(27)24-13-6-4-12(5-7-13)20(21,22)23/h4-10H,1-3H3,(H2,24,25,26,27). The smallest absolute Gasteiger partial charge is 0.416 e. The highest BCUT2D eigenvalue weighted by molar-refractivity contribution is 7.14. The minimum Gasteiger partial charge on any atom is -0.493 e. The molecule has 2 aromatic carbocycles. The van der Waals surface area contributed by atoms with Crippen LogP contribution >= 0.6 is 11.3 Å². The average Bonchev–Trinajstić information content (AvgIpc) is 3.20. The first-order chi connectivity index (χ1) is 14.7. The van der Waals surface area contributed by atoms with E-state index in [4.69, 9.17) is 14.2 Å². The lowest BCUT2D eigenvalue weighted by Crippen LogP contribution is -2.19. The second-order valence-corrected chi connectivity index (χ2v) is 6.96. The van der Waals surface area contributed by atoms with Gasteiger partial charge in [-0.15, -0.1) is 11.3 Å². The number of amides is 2. The lowest BCUT2D eigenvalue weighted by molar-refractivity contribution is -0.137. The van der Waals surface area contributed by atoms with Gasteiger partial charge in [0, 0.05) is 16.6 Å². The monoisotopic (exact) mass is 453 g/mol. The average molecular weight is 453 g/mol. The van der Waals surface area contributed by atoms with Crippen molar-refractivity contribution in [3.05, 3.63) is 47.3 Å². The number of urea groups is 1. The van der Waals surface area contributed by atoms with Crippen LogP contribution in [0.4, 0.5) is 28.8 Å². The number of aromatic nitrogens is 1. The number of carbonyl (C=O) groups is 1. The predicted molar refractivity (Wildman–Crippen MR) is 111 cm³/mol. The van der Waals surface area contributed by atoms with E-state index in [1.54, 1.807) is 17.5 Å². The first kappa shape index (κ1) is 22.2. The summed E-state index contributed by atoms with van der Waals surface area (Å²) in [6.45, 7) is 0. The van der Waals surface area contributed by atoms with Gasteiger partial charge in [0.05, 0.1) is 32.6 Å². The summed E-state index contributed by atoms with van der Waals surface area (Å²) in [7, 11) is 4.50. The number of thiazole rings is 1. The van der Waals surface area contributed by atoms with Crippen LogP contribution < -0.4 is 24.8 Å². The van der Waals surface area contributed by atoms with Gasteiger partial charge >= 0.3 is 12.2 Å². The zero-order chi connectivity index (χ0) is 22.6. The van der Waals surface area contributed by atoms with Gasteiger partial charge in [-0.05, 0) is 36.4 Å². The molecule has 0 radical (unpaired) electrons. The van der Waals surface area contributed by atoms with Crippen molar-refractivity contribution in [3.8, 4) is 28.5 Å². The van der Waals surface area contributed by atoms with E-state index in [1.165, 1.54) is 44.8 Å². The molecule has 2 N–H and O–H groups in total. The highest BCUT2D eigenvalue weighted by Gasteiger charge is 2.30. The van der Waals surface area contributed by atoms with Gasteiger partial charge in [-0.25, -0.2) is 9.78 Å². The second-order valence-electron chi connectivity index (χ2n) is 6.11. The van der Waals surface area contributed by atoms with Crippen LogP contribution in [0.25, 0.3) is 11.3 Å². The molecule has 0 saturated heterocycles. The molecule has 1 aromatic heterocycles. The third-order valence-corrected chi connectivity index (χ3v) is 4.91. The fourth-order valence-corrected chi connectivity index (χ4v) is 3.41. The molecule has 7 nitrogen and oxygen atoms in total. The highest BCUT2D eigenvalue weighted by Crippen LogP contribution is 2.41. The number of rotatable bonds is 6. The Balaban J connectivity index is 1.72. The number of hydrogen-bond acceptors (Lipinski definition) is 6. The van der Waals surface area contributed by atoms with Gasteiger partial charge in [-0.2, -0.15) is 13.2 Å². The van der Waals surface area contributed by atoms with Crippen molar-refractivity contribution in [3.63, 3.8) is 0 Å². The summed E-state index contributed by atoms with van der Waals surface area (Å²) in [6.07, 6.45) is -4.44. The number of nitrogens with one attached hydrogen (secondary N) is 2. The number of benzene rings is 2. The highest BCUT2D eigenvalue weighted by atomic mass is 32.1. The van der Waals surface area contributed by atoms with E-state index in [2.05, 4.69) is 15.6 Å². The molecule has 11 heteroatoms. The van der Waals surface area contributed by atoms with Crippen LogP contribution in [-0.2, 0) is 6.18 Å². The third-order valence-electron chi connectivity index (χ3n) is 4.16. The summed E-state index contributed by atoms with van der Waals surface area (Å²) in [6, 6.07) is 6.94. The number of nitrogens with zero attached hydrogens (tertiary/aromatic N) is 1. The molecule has 1 heterocycles. The van der Waals surface area contributed by atoms with E-state index in [9.17, 15) is 18.0 Å². The molecule has 0 fully saturated rings. The molecule has 164 valence electrons. The maximum atomic E-state index is 12.6. The molecule has 3 rings (SSSR count). The van der Waals surface area contributed by atoms with Crippen LogP contribution in [0.2, 0.25) is 0 Å². The van der Waals surface area contributed by atoms with E-state index in [1.807, 2.05) is 0 Å². The molecular formula is C20H18F3N3O4S. The van der Waals surface area contributed by atoms with E-state index in [0.29, 0.717) is 33.6 Å². The molecule has 0 spiro atoms. The summed E-state index contributed by atoms with van der Waals surface area (Å²) in [4.78, 5) is 16.5. The van der Waals surface area contributed by atoms with E-state index in [-0.39, 0.29) is 5.69 Å². The Kier molecular flexibility index (Phi) is 6.54. The van der Waals surface area contributed by atoms with Crippen molar-refractivity contribution >= 4 is 28.2 Å². The predicted octanol–water partition coefficient (Wildman–Crippen LogP) is 5.50. The van der Waals surface area contributed by atoms with Gasteiger partial charge in [-0.3, -0.25) is 5.32 Å². The number of hydrogen-bond donors (Lipinski definition) is 2. The number of halogens is 3. The molecule has 3 aromatic rings. The van der Waals surface area contributed by atoms with Crippen LogP contribution in [0, 0.1) is 0 Å². The van der Waals surface area contributed by atoms with Crippen LogP contribution in [0.15, 0.2) is 41.8 Å². The quantitative estimate of drug-likeness (QED) is 0.515. The van der Waals surface area contributed by atoms with Gasteiger partial charge in [0.15, 0.2) is 16.6 Å². The Morgan fingerprint density at radius 2 is 1.58 bits per heavy atom. The lowest BCUT2D eigenvalue weighted by Gasteiger charge is -2.13. The van der Waals surface area contributed by atoms with Gasteiger partial charge in [-0.1, -0.05) is 0 Å². The van der Waals surface area contributed by atoms with E-state index in [0.717, 1.165) is 12.1 Å². The Labute approximate surface area is 179 Å². The van der Waals surface area contributed by atoms with Crippen LogP contribution in [0.3, 0.4) is 0 Å². The number of alkyl halides is 3. The molecule has 0 aliphatic rings. The SMILES string of the molecule is COc1cc(-c2csc(NC(=O)Nc3ccc(C(F)(F)F)cc3)n2)cc(OC)c1OC. The van der Waals surface area contributed by atoms with Crippen molar-refractivity contribution in [2.75, 3.05) is 32.0 Å². The molecule has 0 atom stereocenters. The third kappa shape index (κ3) is 5.18. The normalized spacial score (nSPS) is 11.0. The van der Waals surface area contributed by atoms with Crippen LogP contribution in [0.1, 0.15) is 5.56 Å². The molecule has 0 unspecified atom stereocenters. The lowest BCUT2D eigenvalue weighted by atomic mass is 10.1. The van der Waals surface area contributed by atoms with Gasteiger partial charge < -0.3 is 19.5 Å². The summed E-state index contributed by atoms with van der Waals surface area (Å²) in [5.74, 6) is 1.36. The zero-order valence-electron chi connectivity index (χ0n) is 16.7. The first-order valence-electron chi connectivity index (χ1n) is 8.76. The van der Waals surface area contributed by atoms with Gasteiger partial charge in [0.2, 0.25) is 5.75 Å². The minimum atomic E-state index is -4.44. The Morgan fingerprint density at radius 1 is 0.968 bits per heavy atom. The zero-order valence-corrected chi connectivity index (χ0v) is 17.5. The van der Waals surface area contributed by atoms with E-state index >= 15 is 0 Å². The Morgan fingerprint density at radius 3 is 2.10 bits per heavy atom. The van der Waals surface area contributed by atoms with Crippen LogP contribution in [-0.4, -0.2) is 32.3 Å². The Bertz CT molecular complexity index is 1040. The number of carbonyl (C=O) groups excluding carboxylic acids is 1. The number of methoxy groups -OCH3 is 3. The van der Waals surface area contributed by atoms with Crippen molar-refractivity contribution in [2.24, 2.45) is 0 Å². The molecule has 31 heavy (non-hydrogen) atoms. The van der Waals surface area contributed by atoms with Crippen LogP contribution in [0.5, 0.6) is 17.2 Å². The molecule has 0 bridgehead atoms. The molecular weight excluding hydrogens is 435 g/mol. The maximum absolute atomic E-state index is 12.6. The minimum absolute atomic E-state index is 0.215. The fourth-order valence-electron chi connectivity index (χ4n) is 2.69. The van der Waals surface area contributed by atoms with E-state index < -0.39 is 17.8 Å². The second kappa shape index (κ2) is 9.13. The number of anilines is 2. The topological polar surface area (TPSA) is 81.7 Å². The summed E-state index contributed by atoms with van der Waals surface area (Å²) in [5, 5.41) is 7.05. The number of ether oxygens (including phenoxy) is 3. The van der Waals surface area contributed by atoms with Crippen molar-refractivity contribution in [1.29, 1.82) is 0 Å². The van der Waals surface area contributed by atoms with Gasteiger partial charge in [0.1, 0.15) is 0 Å². The fraction of sp³-hybridized carbons (Fsp3) is 0.200. The van der Waals surface area contributed by atoms with Crippen molar-refractivity contribution < 1.29 is 32.2 Å². The molecule has 0 aliphatic carbocycles. The summed E-state index contributed by atoms with van der Waals surface area (Å²) < 4.78 is 53.8. The molecule has 0 aliphatic heterocycles. The molecule has 0 saturated carbocycles. The Hall–Kier alpha value is -3.47. The van der Waals surface area contributed by atoms with Crippen molar-refractivity contribution in [1.82, 2.24) is 4.98 Å². The molecule has 2 amide bonds. The van der Waals surface area contributed by atoms with Crippen molar-refractivity contribution in [2.45, 2.75) is 6.18 Å². The summed E-state index contributed by atoms with van der Waals surface area (Å²) in [5.41, 5.74) is 0.663.